The van der Waals surface area contributed by atoms with Crippen molar-refractivity contribution in [1.29, 1.82) is 0 Å². The lowest BCUT2D eigenvalue weighted by atomic mass is 9.94. The standard InChI is InChI=1S/C40H47N3O4S/c1-29-19-21-37(22-20-29)48(46,47)43(36-24-30(2)23-31(3)25-36)28-39(44)42(27-34-16-12-11-13-32(34)4)38(26-33-14-7-5-8-15-33)40(45)41-35-17-9-6-10-18-35/h5,7-8,11-16,19-25,35,38H,6,9-10,17-18,26-28H2,1-4H3,(H,41,45)/t38-/m1/s1. The number of sulfonamides is 1. The Hall–Kier alpha value is -4.43. The van der Waals surface area contributed by atoms with Gasteiger partial charge in [0.25, 0.3) is 10.0 Å². The topological polar surface area (TPSA) is 86.8 Å². The minimum atomic E-state index is -4.16. The molecular formula is C40H47N3O4S. The molecule has 252 valence electrons. The Morgan fingerprint density at radius 1 is 0.771 bits per heavy atom. The van der Waals surface area contributed by atoms with Gasteiger partial charge in [-0.05, 0) is 92.6 Å². The van der Waals surface area contributed by atoms with E-state index in [1.807, 2.05) is 88.4 Å². The van der Waals surface area contributed by atoms with Gasteiger partial charge in [0.1, 0.15) is 12.6 Å². The average Bonchev–Trinajstić information content (AvgIpc) is 3.06. The predicted octanol–water partition coefficient (Wildman–Crippen LogP) is 7.20. The summed E-state index contributed by atoms with van der Waals surface area (Å²) < 4.78 is 29.9. The van der Waals surface area contributed by atoms with Gasteiger partial charge in [0.05, 0.1) is 10.6 Å². The molecule has 0 unspecified atom stereocenters. The molecule has 4 aromatic carbocycles. The summed E-state index contributed by atoms with van der Waals surface area (Å²) in [5.41, 5.74) is 5.90. The van der Waals surface area contributed by atoms with Gasteiger partial charge in [0, 0.05) is 19.0 Å². The largest absolute Gasteiger partial charge is 0.352 e. The van der Waals surface area contributed by atoms with Crippen molar-refractivity contribution in [3.05, 3.63) is 130 Å². The minimum Gasteiger partial charge on any atom is -0.352 e. The van der Waals surface area contributed by atoms with Crippen molar-refractivity contribution in [3.8, 4) is 0 Å². The van der Waals surface area contributed by atoms with Gasteiger partial charge >= 0.3 is 0 Å². The zero-order chi connectivity index (χ0) is 34.3. The molecule has 1 saturated carbocycles. The van der Waals surface area contributed by atoms with Crippen LogP contribution in [0.5, 0.6) is 0 Å². The molecule has 0 aromatic heterocycles. The van der Waals surface area contributed by atoms with Crippen LogP contribution in [0.25, 0.3) is 0 Å². The molecule has 4 aromatic rings. The van der Waals surface area contributed by atoms with E-state index in [9.17, 15) is 18.0 Å². The van der Waals surface area contributed by atoms with E-state index >= 15 is 0 Å². The van der Waals surface area contributed by atoms with Crippen LogP contribution in [-0.2, 0) is 32.6 Å². The van der Waals surface area contributed by atoms with Gasteiger partial charge in [-0.2, -0.15) is 0 Å². The maximum Gasteiger partial charge on any atom is 0.264 e. The van der Waals surface area contributed by atoms with Crippen molar-refractivity contribution in [2.75, 3.05) is 10.8 Å². The smallest absolute Gasteiger partial charge is 0.264 e. The summed E-state index contributed by atoms with van der Waals surface area (Å²) in [6, 6.07) is 28.9. The first-order chi connectivity index (χ1) is 23.0. The molecule has 1 N–H and O–H groups in total. The number of aryl methyl sites for hydroxylation is 4. The molecule has 1 aliphatic rings. The van der Waals surface area contributed by atoms with Gasteiger partial charge in [-0.25, -0.2) is 8.42 Å². The summed E-state index contributed by atoms with van der Waals surface area (Å²) >= 11 is 0. The van der Waals surface area contributed by atoms with Crippen LogP contribution >= 0.6 is 0 Å². The van der Waals surface area contributed by atoms with Crippen molar-refractivity contribution >= 4 is 27.5 Å². The molecule has 8 heteroatoms. The molecule has 1 atom stereocenters. The number of hydrogen-bond donors (Lipinski definition) is 1. The molecular weight excluding hydrogens is 619 g/mol. The molecule has 1 aliphatic carbocycles. The van der Waals surface area contributed by atoms with Crippen LogP contribution in [0.1, 0.15) is 65.5 Å². The Morgan fingerprint density at radius 2 is 1.40 bits per heavy atom. The molecule has 0 bridgehead atoms. The molecule has 48 heavy (non-hydrogen) atoms. The van der Waals surface area contributed by atoms with Gasteiger partial charge < -0.3 is 10.2 Å². The highest BCUT2D eigenvalue weighted by Crippen LogP contribution is 2.28. The number of amides is 2. The van der Waals surface area contributed by atoms with Gasteiger partial charge in [-0.3, -0.25) is 13.9 Å². The maximum absolute atomic E-state index is 14.8. The van der Waals surface area contributed by atoms with E-state index < -0.39 is 28.5 Å². The number of anilines is 1. The van der Waals surface area contributed by atoms with E-state index in [4.69, 9.17) is 0 Å². The highest BCUT2D eigenvalue weighted by Gasteiger charge is 2.35. The first-order valence-corrected chi connectivity index (χ1v) is 18.3. The lowest BCUT2D eigenvalue weighted by Crippen LogP contribution is -2.55. The zero-order valence-corrected chi connectivity index (χ0v) is 29.3. The number of nitrogens with zero attached hydrogens (tertiary/aromatic N) is 2. The highest BCUT2D eigenvalue weighted by molar-refractivity contribution is 7.92. The summed E-state index contributed by atoms with van der Waals surface area (Å²) in [4.78, 5) is 30.8. The SMILES string of the molecule is Cc1ccc(S(=O)(=O)N(CC(=O)N(Cc2ccccc2C)[C@H](Cc2ccccc2)C(=O)NC2CCCCC2)c2cc(C)cc(C)c2)cc1. The van der Waals surface area contributed by atoms with Crippen LogP contribution in [0.3, 0.4) is 0 Å². The number of carbonyl (C=O) groups is 2. The van der Waals surface area contributed by atoms with Crippen LogP contribution in [0.15, 0.2) is 102 Å². The van der Waals surface area contributed by atoms with E-state index in [-0.39, 0.29) is 23.4 Å². The average molecular weight is 666 g/mol. The van der Waals surface area contributed by atoms with Crippen molar-refractivity contribution in [2.45, 2.75) is 89.7 Å². The fourth-order valence-electron chi connectivity index (χ4n) is 6.53. The predicted molar refractivity (Wildman–Crippen MR) is 192 cm³/mol. The van der Waals surface area contributed by atoms with Gasteiger partial charge in [0.15, 0.2) is 0 Å². The second-order valence-electron chi connectivity index (χ2n) is 13.2. The van der Waals surface area contributed by atoms with Crippen LogP contribution in [0, 0.1) is 27.7 Å². The number of carbonyl (C=O) groups excluding carboxylic acids is 2. The highest BCUT2D eigenvalue weighted by atomic mass is 32.2. The first kappa shape index (κ1) is 34.9. The summed E-state index contributed by atoms with van der Waals surface area (Å²) in [6.07, 6.45) is 5.38. The van der Waals surface area contributed by atoms with E-state index in [1.54, 1.807) is 41.3 Å². The van der Waals surface area contributed by atoms with Crippen molar-refractivity contribution in [2.24, 2.45) is 0 Å². The van der Waals surface area contributed by atoms with Crippen LogP contribution < -0.4 is 9.62 Å². The Morgan fingerprint density at radius 3 is 2.04 bits per heavy atom. The monoisotopic (exact) mass is 665 g/mol. The van der Waals surface area contributed by atoms with Crippen LogP contribution in [-0.4, -0.2) is 43.8 Å². The van der Waals surface area contributed by atoms with Crippen molar-refractivity contribution in [1.82, 2.24) is 10.2 Å². The van der Waals surface area contributed by atoms with Gasteiger partial charge in [-0.1, -0.05) is 97.6 Å². The minimum absolute atomic E-state index is 0.0496. The Kier molecular flexibility index (Phi) is 11.4. The molecule has 5 rings (SSSR count). The number of hydrogen-bond acceptors (Lipinski definition) is 4. The fourth-order valence-corrected chi connectivity index (χ4v) is 7.93. The molecule has 0 spiro atoms. The summed E-state index contributed by atoms with van der Waals surface area (Å²) in [5.74, 6) is -0.667. The third kappa shape index (κ3) is 8.72. The molecule has 0 aliphatic heterocycles. The van der Waals surface area contributed by atoms with Crippen LogP contribution in [0.4, 0.5) is 5.69 Å². The first-order valence-electron chi connectivity index (χ1n) is 16.9. The quantitative estimate of drug-likeness (QED) is 0.173. The summed E-state index contributed by atoms with van der Waals surface area (Å²) in [6.45, 7) is 7.39. The number of rotatable bonds is 12. The summed E-state index contributed by atoms with van der Waals surface area (Å²) in [7, 11) is -4.16. The van der Waals surface area contributed by atoms with E-state index in [0.29, 0.717) is 12.1 Å². The fraction of sp³-hybridized carbons (Fsp3) is 0.350. The van der Waals surface area contributed by atoms with Crippen molar-refractivity contribution in [3.63, 3.8) is 0 Å². The van der Waals surface area contributed by atoms with Crippen LogP contribution in [0.2, 0.25) is 0 Å². The number of benzene rings is 4. The third-order valence-electron chi connectivity index (χ3n) is 9.21. The normalized spacial score (nSPS) is 14.2. The van der Waals surface area contributed by atoms with Gasteiger partial charge in [0.2, 0.25) is 11.8 Å². The Bertz CT molecular complexity index is 1800. The lowest BCUT2D eigenvalue weighted by Gasteiger charge is -2.35. The second kappa shape index (κ2) is 15.6. The second-order valence-corrected chi connectivity index (χ2v) is 15.0. The van der Waals surface area contributed by atoms with E-state index in [2.05, 4.69) is 5.32 Å². The molecule has 0 saturated heterocycles. The molecule has 1 fully saturated rings. The van der Waals surface area contributed by atoms with Gasteiger partial charge in [-0.15, -0.1) is 0 Å². The third-order valence-corrected chi connectivity index (χ3v) is 11.0. The lowest BCUT2D eigenvalue weighted by molar-refractivity contribution is -0.140. The molecule has 2 amide bonds. The zero-order valence-electron chi connectivity index (χ0n) is 28.5. The Balaban J connectivity index is 1.59. The Labute approximate surface area is 286 Å². The maximum atomic E-state index is 14.8. The molecule has 7 nitrogen and oxygen atoms in total. The molecule has 0 radical (unpaired) electrons. The molecule has 0 heterocycles. The number of nitrogens with one attached hydrogen (secondary N) is 1. The van der Waals surface area contributed by atoms with E-state index in [0.717, 1.165) is 65.5 Å². The van der Waals surface area contributed by atoms with E-state index in [1.165, 1.54) is 4.31 Å². The summed E-state index contributed by atoms with van der Waals surface area (Å²) in [5, 5.41) is 3.27. The van der Waals surface area contributed by atoms with Crippen molar-refractivity contribution < 1.29 is 18.0 Å².